The standard InChI is InChI=1S/C28H32F5N3O/c1-27(2,3)26(36(13-7-12-34)25(37)16-28(31,32)33)24-14-20(22-15-21(29)10-11-23(22)30)18-35(24)17-19-8-5-4-6-9-19/h4-6,8-11,14-15,18,26H,7,12-13,16-17,34H2,1-3H3/t26-/m0/s1. The number of rotatable bonds is 9. The fraction of sp³-hybridized carbons (Fsp3) is 0.393. The average Bonchev–Trinajstić information content (AvgIpc) is 3.19. The molecule has 1 amide bonds. The van der Waals surface area contributed by atoms with E-state index in [1.807, 2.05) is 51.1 Å². The Morgan fingerprint density at radius 2 is 1.70 bits per heavy atom. The van der Waals surface area contributed by atoms with Crippen molar-refractivity contribution in [2.24, 2.45) is 11.1 Å². The Labute approximate surface area is 213 Å². The lowest BCUT2D eigenvalue weighted by molar-refractivity contribution is -0.165. The molecule has 3 rings (SSSR count). The molecule has 200 valence electrons. The molecule has 0 spiro atoms. The van der Waals surface area contributed by atoms with E-state index in [0.29, 0.717) is 24.2 Å². The molecule has 0 fully saturated rings. The van der Waals surface area contributed by atoms with Gasteiger partial charge in [0, 0.05) is 36.1 Å². The molecule has 0 radical (unpaired) electrons. The maximum atomic E-state index is 14.7. The second-order valence-electron chi connectivity index (χ2n) is 10.2. The third kappa shape index (κ3) is 7.41. The maximum absolute atomic E-state index is 14.7. The molecule has 9 heteroatoms. The van der Waals surface area contributed by atoms with Crippen molar-refractivity contribution in [2.75, 3.05) is 13.1 Å². The average molecular weight is 522 g/mol. The number of amides is 1. The smallest absolute Gasteiger partial charge is 0.344 e. The molecule has 0 unspecified atom stereocenters. The predicted octanol–water partition coefficient (Wildman–Crippen LogP) is 6.70. The van der Waals surface area contributed by atoms with Gasteiger partial charge in [-0.3, -0.25) is 4.79 Å². The molecule has 1 atom stereocenters. The van der Waals surface area contributed by atoms with E-state index >= 15 is 0 Å². The van der Waals surface area contributed by atoms with E-state index in [2.05, 4.69) is 0 Å². The van der Waals surface area contributed by atoms with Crippen molar-refractivity contribution < 1.29 is 26.7 Å². The Balaban J connectivity index is 2.21. The van der Waals surface area contributed by atoms with Crippen LogP contribution >= 0.6 is 0 Å². The lowest BCUT2D eigenvalue weighted by Crippen LogP contribution is -2.44. The summed E-state index contributed by atoms with van der Waals surface area (Å²) in [5.74, 6) is -2.32. The van der Waals surface area contributed by atoms with Crippen LogP contribution < -0.4 is 5.73 Å². The van der Waals surface area contributed by atoms with Gasteiger partial charge >= 0.3 is 6.18 Å². The van der Waals surface area contributed by atoms with Crippen molar-refractivity contribution in [2.45, 2.75) is 52.4 Å². The van der Waals surface area contributed by atoms with Gasteiger partial charge in [0.05, 0.1) is 6.04 Å². The first-order valence-electron chi connectivity index (χ1n) is 12.1. The quantitative estimate of drug-likeness (QED) is 0.319. The molecule has 1 heterocycles. The van der Waals surface area contributed by atoms with Crippen LogP contribution in [0.5, 0.6) is 0 Å². The highest BCUT2D eigenvalue weighted by Gasteiger charge is 2.41. The first kappa shape index (κ1) is 28.4. The monoisotopic (exact) mass is 521 g/mol. The largest absolute Gasteiger partial charge is 0.397 e. The van der Waals surface area contributed by atoms with Gasteiger partial charge in [-0.1, -0.05) is 51.1 Å². The second kappa shape index (κ2) is 11.5. The topological polar surface area (TPSA) is 51.3 Å². The van der Waals surface area contributed by atoms with E-state index in [-0.39, 0.29) is 18.7 Å². The SMILES string of the molecule is CC(C)(C)[C@H](c1cc(-c2cc(F)ccc2F)cn1Cc1ccccc1)N(CCCN)C(=O)CC(F)(F)F. The molecule has 0 bridgehead atoms. The van der Waals surface area contributed by atoms with Crippen molar-refractivity contribution >= 4 is 5.91 Å². The predicted molar refractivity (Wildman–Crippen MR) is 134 cm³/mol. The zero-order valence-electron chi connectivity index (χ0n) is 21.2. The summed E-state index contributed by atoms with van der Waals surface area (Å²) in [4.78, 5) is 14.2. The van der Waals surface area contributed by atoms with Crippen LogP contribution in [-0.2, 0) is 11.3 Å². The summed E-state index contributed by atoms with van der Waals surface area (Å²) in [6.45, 7) is 6.02. The Hall–Kier alpha value is -3.20. The second-order valence-corrected chi connectivity index (χ2v) is 10.2. The molecule has 0 saturated heterocycles. The molecule has 4 nitrogen and oxygen atoms in total. The summed E-state index contributed by atoms with van der Waals surface area (Å²) in [5.41, 5.74) is 6.74. The number of nitrogens with zero attached hydrogens (tertiary/aromatic N) is 2. The maximum Gasteiger partial charge on any atom is 0.397 e. The minimum Gasteiger partial charge on any atom is -0.344 e. The Kier molecular flexibility index (Phi) is 8.79. The molecule has 2 N–H and O–H groups in total. The normalized spacial score (nSPS) is 13.0. The molecular formula is C28H32F5N3O. The number of halogens is 5. The van der Waals surface area contributed by atoms with Gasteiger partial charge in [0.15, 0.2) is 0 Å². The molecule has 0 aliphatic heterocycles. The van der Waals surface area contributed by atoms with Crippen LogP contribution in [0.25, 0.3) is 11.1 Å². The van der Waals surface area contributed by atoms with Gasteiger partial charge in [0.1, 0.15) is 18.1 Å². The molecule has 0 saturated carbocycles. The molecule has 1 aromatic heterocycles. The van der Waals surface area contributed by atoms with Crippen molar-refractivity contribution in [3.8, 4) is 11.1 Å². The molecule has 2 aromatic carbocycles. The van der Waals surface area contributed by atoms with Crippen LogP contribution in [-0.4, -0.2) is 34.6 Å². The summed E-state index contributed by atoms with van der Waals surface area (Å²) in [7, 11) is 0. The van der Waals surface area contributed by atoms with Crippen LogP contribution in [0.4, 0.5) is 22.0 Å². The molecule has 0 aliphatic carbocycles. The molecule has 3 aromatic rings. The molecular weight excluding hydrogens is 489 g/mol. The Bertz CT molecular complexity index is 1200. The fourth-order valence-corrected chi connectivity index (χ4v) is 4.54. The van der Waals surface area contributed by atoms with E-state index in [4.69, 9.17) is 5.73 Å². The van der Waals surface area contributed by atoms with Crippen LogP contribution in [0.1, 0.15) is 50.9 Å². The van der Waals surface area contributed by atoms with Gasteiger partial charge in [-0.2, -0.15) is 13.2 Å². The Morgan fingerprint density at radius 1 is 1.03 bits per heavy atom. The van der Waals surface area contributed by atoms with E-state index < -0.39 is 41.6 Å². The minimum atomic E-state index is -4.68. The lowest BCUT2D eigenvalue weighted by atomic mass is 9.82. The number of alkyl halides is 3. The van der Waals surface area contributed by atoms with E-state index in [1.54, 1.807) is 16.8 Å². The van der Waals surface area contributed by atoms with Gasteiger partial charge < -0.3 is 15.2 Å². The minimum absolute atomic E-state index is 0.0214. The summed E-state index contributed by atoms with van der Waals surface area (Å²) in [6, 6.07) is 13.3. The van der Waals surface area contributed by atoms with Crippen LogP contribution in [0.3, 0.4) is 0 Å². The van der Waals surface area contributed by atoms with Crippen LogP contribution in [0.2, 0.25) is 0 Å². The summed E-state index contributed by atoms with van der Waals surface area (Å²) in [6.07, 6.45) is -4.33. The number of carbonyl (C=O) groups is 1. The summed E-state index contributed by atoms with van der Waals surface area (Å²) >= 11 is 0. The first-order valence-corrected chi connectivity index (χ1v) is 12.1. The number of nitrogens with two attached hydrogens (primary N) is 1. The van der Waals surface area contributed by atoms with Crippen molar-refractivity contribution in [3.05, 3.63) is 83.7 Å². The number of carbonyl (C=O) groups excluding carboxylic acids is 1. The number of aromatic nitrogens is 1. The zero-order valence-corrected chi connectivity index (χ0v) is 21.2. The van der Waals surface area contributed by atoms with Crippen molar-refractivity contribution in [1.29, 1.82) is 0 Å². The highest BCUT2D eigenvalue weighted by molar-refractivity contribution is 5.77. The van der Waals surface area contributed by atoms with Crippen molar-refractivity contribution in [1.82, 2.24) is 9.47 Å². The van der Waals surface area contributed by atoms with E-state index in [9.17, 15) is 26.7 Å². The van der Waals surface area contributed by atoms with Gasteiger partial charge in [0.25, 0.3) is 0 Å². The van der Waals surface area contributed by atoms with Crippen LogP contribution in [0.15, 0.2) is 60.8 Å². The number of hydrogen-bond donors (Lipinski definition) is 1. The molecule has 0 aliphatic rings. The summed E-state index contributed by atoms with van der Waals surface area (Å²) in [5, 5.41) is 0. The number of benzene rings is 2. The van der Waals surface area contributed by atoms with Crippen LogP contribution in [0, 0.1) is 17.0 Å². The van der Waals surface area contributed by atoms with E-state index in [0.717, 1.165) is 23.8 Å². The lowest BCUT2D eigenvalue weighted by Gasteiger charge is -2.41. The highest BCUT2D eigenvalue weighted by Crippen LogP contribution is 2.42. The van der Waals surface area contributed by atoms with Gasteiger partial charge in [-0.05, 0) is 48.2 Å². The third-order valence-electron chi connectivity index (χ3n) is 6.05. The third-order valence-corrected chi connectivity index (χ3v) is 6.05. The molecule has 37 heavy (non-hydrogen) atoms. The summed E-state index contributed by atoms with van der Waals surface area (Å²) < 4.78 is 70.3. The van der Waals surface area contributed by atoms with Gasteiger partial charge in [-0.15, -0.1) is 0 Å². The zero-order chi connectivity index (χ0) is 27.4. The van der Waals surface area contributed by atoms with E-state index in [1.165, 1.54) is 4.90 Å². The van der Waals surface area contributed by atoms with Gasteiger partial charge in [0.2, 0.25) is 5.91 Å². The number of hydrogen-bond acceptors (Lipinski definition) is 2. The first-order chi connectivity index (χ1) is 17.3. The highest BCUT2D eigenvalue weighted by atomic mass is 19.4. The van der Waals surface area contributed by atoms with Gasteiger partial charge in [-0.25, -0.2) is 8.78 Å². The Morgan fingerprint density at radius 3 is 2.30 bits per heavy atom. The fourth-order valence-electron chi connectivity index (χ4n) is 4.54. The van der Waals surface area contributed by atoms with Crippen molar-refractivity contribution in [3.63, 3.8) is 0 Å².